The number of aliphatic hydroxyl groups excluding tert-OH is 1. The van der Waals surface area contributed by atoms with Gasteiger partial charge in [0, 0.05) is 13.1 Å². The molecule has 2 aromatic rings. The Hall–Kier alpha value is -2.53. The lowest BCUT2D eigenvalue weighted by Gasteiger charge is -2.34. The molecule has 5 heteroatoms. The molecule has 2 aromatic carbocycles. The first kappa shape index (κ1) is 19.2. The molecular weight excluding hydrogens is 342 g/mol. The van der Waals surface area contributed by atoms with Crippen molar-refractivity contribution in [1.29, 1.82) is 0 Å². The van der Waals surface area contributed by atoms with Crippen LogP contribution in [0.25, 0.3) is 0 Å². The van der Waals surface area contributed by atoms with Gasteiger partial charge in [-0.15, -0.1) is 0 Å². The third kappa shape index (κ3) is 4.61. The average molecular weight is 369 g/mol. The Labute approximate surface area is 160 Å². The molecule has 1 N–H and O–H groups in total. The van der Waals surface area contributed by atoms with Gasteiger partial charge in [-0.2, -0.15) is 0 Å². The zero-order valence-corrected chi connectivity index (χ0v) is 15.9. The van der Waals surface area contributed by atoms with E-state index in [9.17, 15) is 9.90 Å². The van der Waals surface area contributed by atoms with Gasteiger partial charge >= 0.3 is 0 Å². The third-order valence-electron chi connectivity index (χ3n) is 5.28. The van der Waals surface area contributed by atoms with Gasteiger partial charge in [0.15, 0.2) is 11.5 Å². The fourth-order valence-corrected chi connectivity index (χ4v) is 3.66. The Morgan fingerprint density at radius 3 is 2.37 bits per heavy atom. The van der Waals surface area contributed by atoms with Crippen LogP contribution in [0.15, 0.2) is 48.5 Å². The number of rotatable bonds is 6. The summed E-state index contributed by atoms with van der Waals surface area (Å²) in [6, 6.07) is 15.3. The second kappa shape index (κ2) is 8.91. The molecule has 1 amide bonds. The number of carbonyl (C=O) groups excluding carboxylic acids is 1. The lowest BCUT2D eigenvalue weighted by molar-refractivity contribution is -0.132. The summed E-state index contributed by atoms with van der Waals surface area (Å²) in [6.07, 6.45) is 1.50. The van der Waals surface area contributed by atoms with Crippen LogP contribution in [-0.2, 0) is 11.2 Å². The summed E-state index contributed by atoms with van der Waals surface area (Å²) in [5.74, 6) is 1.59. The van der Waals surface area contributed by atoms with E-state index in [1.807, 2.05) is 53.4 Å². The lowest BCUT2D eigenvalue weighted by atomic mass is 9.87. The summed E-state index contributed by atoms with van der Waals surface area (Å²) in [7, 11) is 3.18. The molecule has 0 saturated carbocycles. The molecule has 1 saturated heterocycles. The third-order valence-corrected chi connectivity index (χ3v) is 5.28. The van der Waals surface area contributed by atoms with Gasteiger partial charge in [-0.05, 0) is 42.0 Å². The summed E-state index contributed by atoms with van der Waals surface area (Å²) in [5.41, 5.74) is 1.86. The smallest absolute Gasteiger partial charge is 0.226 e. The van der Waals surface area contributed by atoms with E-state index in [2.05, 4.69) is 0 Å². The summed E-state index contributed by atoms with van der Waals surface area (Å²) >= 11 is 0. The minimum atomic E-state index is -0.464. The predicted molar refractivity (Wildman–Crippen MR) is 104 cm³/mol. The fraction of sp³-hybridized carbons (Fsp3) is 0.409. The number of carbonyl (C=O) groups is 1. The van der Waals surface area contributed by atoms with Crippen molar-refractivity contribution in [3.8, 4) is 11.5 Å². The van der Waals surface area contributed by atoms with E-state index in [0.717, 1.165) is 24.0 Å². The van der Waals surface area contributed by atoms with Crippen LogP contribution < -0.4 is 9.47 Å². The van der Waals surface area contributed by atoms with Crippen molar-refractivity contribution in [2.24, 2.45) is 5.92 Å². The quantitative estimate of drug-likeness (QED) is 0.849. The van der Waals surface area contributed by atoms with Gasteiger partial charge in [-0.1, -0.05) is 36.4 Å². The minimum Gasteiger partial charge on any atom is -0.493 e. The molecule has 144 valence electrons. The van der Waals surface area contributed by atoms with E-state index >= 15 is 0 Å². The maximum atomic E-state index is 12.7. The first-order chi connectivity index (χ1) is 13.1. The molecule has 1 unspecified atom stereocenters. The van der Waals surface area contributed by atoms with Crippen molar-refractivity contribution in [1.82, 2.24) is 4.90 Å². The molecule has 27 heavy (non-hydrogen) atoms. The number of hydrogen-bond acceptors (Lipinski definition) is 4. The first-order valence-electron chi connectivity index (χ1n) is 9.34. The number of hydrogen-bond donors (Lipinski definition) is 1. The highest BCUT2D eigenvalue weighted by Gasteiger charge is 2.28. The van der Waals surface area contributed by atoms with Crippen LogP contribution in [0.5, 0.6) is 11.5 Å². The van der Waals surface area contributed by atoms with Crippen molar-refractivity contribution in [2.45, 2.75) is 25.4 Å². The zero-order valence-electron chi connectivity index (χ0n) is 15.9. The Balaban J connectivity index is 1.56. The van der Waals surface area contributed by atoms with Gasteiger partial charge in [0.2, 0.25) is 5.91 Å². The van der Waals surface area contributed by atoms with E-state index in [1.165, 1.54) is 0 Å². The average Bonchev–Trinajstić information content (AvgIpc) is 2.73. The Morgan fingerprint density at radius 1 is 1.07 bits per heavy atom. The second-order valence-electron chi connectivity index (χ2n) is 6.94. The van der Waals surface area contributed by atoms with E-state index in [4.69, 9.17) is 9.47 Å². The summed E-state index contributed by atoms with van der Waals surface area (Å²) in [4.78, 5) is 14.6. The Bertz CT molecular complexity index is 754. The second-order valence-corrected chi connectivity index (χ2v) is 6.94. The SMILES string of the molecule is COc1ccc(CC(=O)N2CCC(C(O)c3ccccc3)CC2)cc1OC. The first-order valence-corrected chi connectivity index (χ1v) is 9.34. The Kier molecular flexibility index (Phi) is 6.35. The molecule has 0 spiro atoms. The molecule has 0 aliphatic carbocycles. The standard InChI is InChI=1S/C22H27NO4/c1-26-19-9-8-16(14-20(19)27-2)15-21(24)23-12-10-18(11-13-23)22(25)17-6-4-3-5-7-17/h3-9,14,18,22,25H,10-13,15H2,1-2H3. The van der Waals surface area contributed by atoms with E-state index in [-0.39, 0.29) is 11.8 Å². The molecular formula is C22H27NO4. The van der Waals surface area contributed by atoms with Crippen LogP contribution in [0.4, 0.5) is 0 Å². The molecule has 0 bridgehead atoms. The lowest BCUT2D eigenvalue weighted by Crippen LogP contribution is -2.40. The largest absolute Gasteiger partial charge is 0.493 e. The van der Waals surface area contributed by atoms with Crippen molar-refractivity contribution in [3.05, 3.63) is 59.7 Å². The molecule has 3 rings (SSSR count). The van der Waals surface area contributed by atoms with Crippen LogP contribution in [0.1, 0.15) is 30.1 Å². The number of benzene rings is 2. The summed E-state index contributed by atoms with van der Waals surface area (Å²) in [5, 5.41) is 10.6. The highest BCUT2D eigenvalue weighted by molar-refractivity contribution is 5.79. The van der Waals surface area contributed by atoms with E-state index in [0.29, 0.717) is 31.0 Å². The van der Waals surface area contributed by atoms with Crippen LogP contribution in [-0.4, -0.2) is 43.2 Å². The van der Waals surface area contributed by atoms with E-state index < -0.39 is 6.10 Å². The van der Waals surface area contributed by atoms with Gasteiger partial charge in [0.25, 0.3) is 0 Å². The van der Waals surface area contributed by atoms with Crippen molar-refractivity contribution >= 4 is 5.91 Å². The summed E-state index contributed by atoms with van der Waals surface area (Å²) in [6.45, 7) is 1.36. The Morgan fingerprint density at radius 2 is 1.74 bits per heavy atom. The molecule has 1 heterocycles. The van der Waals surface area contributed by atoms with Crippen molar-refractivity contribution in [3.63, 3.8) is 0 Å². The highest BCUT2D eigenvalue weighted by Crippen LogP contribution is 2.31. The summed E-state index contributed by atoms with van der Waals surface area (Å²) < 4.78 is 10.5. The number of likely N-dealkylation sites (tertiary alicyclic amines) is 1. The number of nitrogens with zero attached hydrogens (tertiary/aromatic N) is 1. The highest BCUT2D eigenvalue weighted by atomic mass is 16.5. The maximum Gasteiger partial charge on any atom is 0.226 e. The molecule has 0 radical (unpaired) electrons. The molecule has 1 atom stereocenters. The van der Waals surface area contributed by atoms with Gasteiger partial charge in [-0.25, -0.2) is 0 Å². The topological polar surface area (TPSA) is 59.0 Å². The van der Waals surface area contributed by atoms with Gasteiger partial charge < -0.3 is 19.5 Å². The monoisotopic (exact) mass is 369 g/mol. The van der Waals surface area contributed by atoms with Gasteiger partial charge in [-0.3, -0.25) is 4.79 Å². The number of piperidine rings is 1. The van der Waals surface area contributed by atoms with Gasteiger partial charge in [0.1, 0.15) is 0 Å². The predicted octanol–water partition coefficient (Wildman–Crippen LogP) is 3.22. The number of aliphatic hydroxyl groups is 1. The fourth-order valence-electron chi connectivity index (χ4n) is 3.66. The van der Waals surface area contributed by atoms with Crippen LogP contribution in [0.3, 0.4) is 0 Å². The van der Waals surface area contributed by atoms with Crippen LogP contribution in [0, 0.1) is 5.92 Å². The van der Waals surface area contributed by atoms with Crippen LogP contribution >= 0.6 is 0 Å². The van der Waals surface area contributed by atoms with E-state index in [1.54, 1.807) is 14.2 Å². The number of methoxy groups -OCH3 is 2. The molecule has 1 fully saturated rings. The van der Waals surface area contributed by atoms with Crippen LogP contribution in [0.2, 0.25) is 0 Å². The number of amides is 1. The molecule has 0 aromatic heterocycles. The molecule has 1 aliphatic heterocycles. The van der Waals surface area contributed by atoms with Crippen molar-refractivity contribution < 1.29 is 19.4 Å². The molecule has 5 nitrogen and oxygen atoms in total. The maximum absolute atomic E-state index is 12.7. The molecule has 1 aliphatic rings. The normalized spacial score (nSPS) is 16.0. The van der Waals surface area contributed by atoms with Crippen molar-refractivity contribution in [2.75, 3.05) is 27.3 Å². The zero-order chi connectivity index (χ0) is 19.2. The number of ether oxygens (including phenoxy) is 2. The minimum absolute atomic E-state index is 0.106. The van der Waals surface area contributed by atoms with Gasteiger partial charge in [0.05, 0.1) is 26.7 Å².